The number of hydrogen-bond donors (Lipinski definition) is 1. The second-order valence-corrected chi connectivity index (χ2v) is 12.3. The third-order valence-electron chi connectivity index (χ3n) is 7.10. The fraction of sp³-hybridized carbons (Fsp3) is 0.379. The Kier molecular flexibility index (Phi) is 8.95. The highest BCUT2D eigenvalue weighted by Gasteiger charge is 2.31. The summed E-state index contributed by atoms with van der Waals surface area (Å²) in [5, 5.41) is 5.25. The van der Waals surface area contributed by atoms with Crippen LogP contribution in [0.3, 0.4) is 0 Å². The minimum absolute atomic E-state index is 0.0920. The first kappa shape index (κ1) is 27.9. The summed E-state index contributed by atoms with van der Waals surface area (Å²) >= 11 is 6.05. The highest BCUT2D eigenvalue weighted by Crippen LogP contribution is 2.29. The molecule has 7 nitrogen and oxygen atoms in total. The fourth-order valence-corrected chi connectivity index (χ4v) is 5.95. The Bertz CT molecular complexity index is 1380. The van der Waals surface area contributed by atoms with E-state index in [-0.39, 0.29) is 18.5 Å². The van der Waals surface area contributed by atoms with Gasteiger partial charge in [0.25, 0.3) is 0 Å². The number of carbonyl (C=O) groups is 2. The molecule has 1 saturated carbocycles. The second-order valence-electron chi connectivity index (χ2n) is 9.94. The molecule has 0 radical (unpaired) electrons. The van der Waals surface area contributed by atoms with Gasteiger partial charge < -0.3 is 10.2 Å². The largest absolute Gasteiger partial charge is 0.352 e. The van der Waals surface area contributed by atoms with Crippen LogP contribution in [0.15, 0.2) is 66.7 Å². The summed E-state index contributed by atoms with van der Waals surface area (Å²) in [4.78, 5) is 28.6. The second kappa shape index (κ2) is 12.2. The van der Waals surface area contributed by atoms with Gasteiger partial charge in [0, 0.05) is 23.0 Å². The molecular weight excluding hydrogens is 522 g/mol. The summed E-state index contributed by atoms with van der Waals surface area (Å²) in [6.07, 6.45) is 6.24. The van der Waals surface area contributed by atoms with Gasteiger partial charge in [-0.2, -0.15) is 0 Å². The van der Waals surface area contributed by atoms with Gasteiger partial charge in [-0.05, 0) is 48.9 Å². The van der Waals surface area contributed by atoms with Gasteiger partial charge in [0.2, 0.25) is 21.8 Å². The highest BCUT2D eigenvalue weighted by atomic mass is 35.5. The summed E-state index contributed by atoms with van der Waals surface area (Å²) in [6.45, 7) is 1.40. The van der Waals surface area contributed by atoms with E-state index in [1.807, 2.05) is 30.3 Å². The van der Waals surface area contributed by atoms with E-state index in [4.69, 9.17) is 11.6 Å². The van der Waals surface area contributed by atoms with Crippen LogP contribution >= 0.6 is 11.6 Å². The van der Waals surface area contributed by atoms with Crippen molar-refractivity contribution in [2.24, 2.45) is 0 Å². The minimum Gasteiger partial charge on any atom is -0.352 e. The van der Waals surface area contributed by atoms with E-state index in [2.05, 4.69) is 5.32 Å². The first-order valence-electron chi connectivity index (χ1n) is 12.9. The Labute approximate surface area is 229 Å². The summed E-state index contributed by atoms with van der Waals surface area (Å²) in [7, 11) is -3.82. The maximum absolute atomic E-state index is 13.8. The molecule has 1 aliphatic carbocycles. The third-order valence-corrected chi connectivity index (χ3v) is 8.48. The van der Waals surface area contributed by atoms with E-state index in [9.17, 15) is 18.0 Å². The lowest BCUT2D eigenvalue weighted by atomic mass is 9.95. The van der Waals surface area contributed by atoms with Gasteiger partial charge in [0.05, 0.1) is 11.9 Å². The highest BCUT2D eigenvalue weighted by molar-refractivity contribution is 7.92. The predicted octanol–water partition coefficient (Wildman–Crippen LogP) is 5.13. The van der Waals surface area contributed by atoms with E-state index >= 15 is 0 Å². The number of amides is 2. The van der Waals surface area contributed by atoms with Crippen molar-refractivity contribution >= 4 is 49.9 Å². The molecule has 0 bridgehead atoms. The van der Waals surface area contributed by atoms with Crippen LogP contribution in [-0.2, 0) is 26.2 Å². The van der Waals surface area contributed by atoms with Crippen molar-refractivity contribution in [3.05, 3.63) is 77.3 Å². The number of benzene rings is 3. The van der Waals surface area contributed by atoms with Crippen LogP contribution in [-0.4, -0.2) is 50.0 Å². The van der Waals surface area contributed by atoms with Crippen molar-refractivity contribution in [1.29, 1.82) is 0 Å². The zero-order valence-corrected chi connectivity index (χ0v) is 23.3. The molecule has 0 spiro atoms. The van der Waals surface area contributed by atoms with Crippen LogP contribution in [0.5, 0.6) is 0 Å². The van der Waals surface area contributed by atoms with Crippen LogP contribution in [0.4, 0.5) is 5.69 Å². The first-order chi connectivity index (χ1) is 18.1. The van der Waals surface area contributed by atoms with Crippen LogP contribution < -0.4 is 9.62 Å². The SMILES string of the molecule is C[C@H](C(=O)NC1CCCCC1)N(Cc1ccc(Cl)cc1)C(=O)CN(c1cccc2ccccc12)S(C)(=O)=O. The number of anilines is 1. The first-order valence-corrected chi connectivity index (χ1v) is 15.2. The molecule has 202 valence electrons. The van der Waals surface area contributed by atoms with Gasteiger partial charge >= 0.3 is 0 Å². The van der Waals surface area contributed by atoms with Crippen LogP contribution in [0.2, 0.25) is 5.02 Å². The number of fused-ring (bicyclic) bond motifs is 1. The van der Waals surface area contributed by atoms with Crippen molar-refractivity contribution in [2.75, 3.05) is 17.1 Å². The number of nitrogens with one attached hydrogen (secondary N) is 1. The number of nitrogens with zero attached hydrogens (tertiary/aromatic N) is 2. The van der Waals surface area contributed by atoms with Crippen molar-refractivity contribution in [2.45, 2.75) is 57.7 Å². The Morgan fingerprint density at radius 1 is 0.974 bits per heavy atom. The molecule has 1 atom stereocenters. The van der Waals surface area contributed by atoms with E-state index in [1.165, 1.54) is 11.3 Å². The van der Waals surface area contributed by atoms with Crippen LogP contribution in [0, 0.1) is 0 Å². The molecule has 1 N–H and O–H groups in total. The van der Waals surface area contributed by atoms with Crippen molar-refractivity contribution < 1.29 is 18.0 Å². The molecule has 1 fully saturated rings. The Hall–Kier alpha value is -3.10. The summed E-state index contributed by atoms with van der Waals surface area (Å²) in [5.74, 6) is -0.708. The monoisotopic (exact) mass is 555 g/mol. The number of rotatable bonds is 9. The molecule has 0 saturated heterocycles. The lowest BCUT2D eigenvalue weighted by Gasteiger charge is -2.33. The molecule has 0 heterocycles. The van der Waals surface area contributed by atoms with E-state index in [0.717, 1.165) is 52.6 Å². The predicted molar refractivity (Wildman–Crippen MR) is 153 cm³/mol. The molecule has 3 aromatic carbocycles. The smallest absolute Gasteiger partial charge is 0.244 e. The van der Waals surface area contributed by atoms with Crippen LogP contribution in [0.1, 0.15) is 44.6 Å². The number of carbonyl (C=O) groups excluding carboxylic acids is 2. The van der Waals surface area contributed by atoms with Gasteiger partial charge in [-0.25, -0.2) is 8.42 Å². The van der Waals surface area contributed by atoms with Crippen molar-refractivity contribution in [1.82, 2.24) is 10.2 Å². The molecule has 9 heteroatoms. The number of sulfonamides is 1. The summed E-state index contributed by atoms with van der Waals surface area (Å²) < 4.78 is 27.0. The van der Waals surface area contributed by atoms with E-state index < -0.39 is 28.5 Å². The summed E-state index contributed by atoms with van der Waals surface area (Å²) in [6, 6.07) is 19.1. The van der Waals surface area contributed by atoms with E-state index in [0.29, 0.717) is 10.7 Å². The maximum atomic E-state index is 13.8. The molecule has 1 aliphatic rings. The average molecular weight is 556 g/mol. The normalized spacial score (nSPS) is 15.1. The van der Waals surface area contributed by atoms with Gasteiger partial charge in [-0.15, -0.1) is 0 Å². The van der Waals surface area contributed by atoms with Crippen molar-refractivity contribution in [3.63, 3.8) is 0 Å². The number of halogens is 1. The molecular formula is C29H34ClN3O4S. The molecule has 0 aromatic heterocycles. The molecule has 38 heavy (non-hydrogen) atoms. The maximum Gasteiger partial charge on any atom is 0.244 e. The number of hydrogen-bond acceptors (Lipinski definition) is 4. The zero-order chi connectivity index (χ0) is 27.3. The third kappa shape index (κ3) is 6.85. The van der Waals surface area contributed by atoms with Gasteiger partial charge in [-0.3, -0.25) is 13.9 Å². The molecule has 4 rings (SSSR count). The van der Waals surface area contributed by atoms with Crippen LogP contribution in [0.25, 0.3) is 10.8 Å². The minimum atomic E-state index is -3.82. The lowest BCUT2D eigenvalue weighted by molar-refractivity contribution is -0.139. The molecule has 0 unspecified atom stereocenters. The van der Waals surface area contributed by atoms with Gasteiger partial charge in [-0.1, -0.05) is 79.4 Å². The Morgan fingerprint density at radius 2 is 1.63 bits per heavy atom. The quantitative estimate of drug-likeness (QED) is 0.397. The molecule has 0 aliphatic heterocycles. The van der Waals surface area contributed by atoms with Gasteiger partial charge in [0.15, 0.2) is 0 Å². The topological polar surface area (TPSA) is 86.8 Å². The molecule has 3 aromatic rings. The average Bonchev–Trinajstić information content (AvgIpc) is 2.90. The Morgan fingerprint density at radius 3 is 2.32 bits per heavy atom. The zero-order valence-electron chi connectivity index (χ0n) is 21.8. The fourth-order valence-electron chi connectivity index (χ4n) is 4.96. The lowest BCUT2D eigenvalue weighted by Crippen LogP contribution is -2.53. The Balaban J connectivity index is 1.64. The van der Waals surface area contributed by atoms with E-state index in [1.54, 1.807) is 43.3 Å². The summed E-state index contributed by atoms with van der Waals surface area (Å²) in [5.41, 5.74) is 1.21. The van der Waals surface area contributed by atoms with Crippen molar-refractivity contribution in [3.8, 4) is 0 Å². The standard InChI is InChI=1S/C29H34ClN3O4S/c1-21(29(35)31-25-11-4-3-5-12-25)32(19-22-15-17-24(30)18-16-22)28(34)20-33(38(2,36)37)27-14-8-10-23-9-6-7-13-26(23)27/h6-10,13-18,21,25H,3-5,11-12,19-20H2,1-2H3,(H,31,35)/t21-/m1/s1. The molecule has 2 amide bonds. The van der Waals surface area contributed by atoms with Gasteiger partial charge in [0.1, 0.15) is 12.6 Å².